The third kappa shape index (κ3) is 1.91. The topological polar surface area (TPSA) is 0 Å². The van der Waals surface area contributed by atoms with Crippen molar-refractivity contribution in [1.29, 1.82) is 0 Å². The molecule has 0 atom stereocenters. The average Bonchev–Trinajstić information content (AvgIpc) is 2.12. The molecule has 0 fully saturated rings. The van der Waals surface area contributed by atoms with Crippen LogP contribution in [0.3, 0.4) is 0 Å². The van der Waals surface area contributed by atoms with Gasteiger partial charge >= 0.3 is 18.9 Å². The van der Waals surface area contributed by atoms with Gasteiger partial charge in [-0.15, -0.1) is 12.6 Å². The Morgan fingerprint density at radius 3 is 2.54 bits per heavy atom. The fourth-order valence-corrected chi connectivity index (χ4v) is 1.51. The van der Waals surface area contributed by atoms with E-state index in [2.05, 4.69) is 12.6 Å². The molecular weight excluding hydrogens is 178 g/mol. The Labute approximate surface area is 95.2 Å². The van der Waals surface area contributed by atoms with Crippen LogP contribution in [0.25, 0.3) is 10.8 Å². The first-order valence-electron chi connectivity index (χ1n) is 3.65. The quantitative estimate of drug-likeness (QED) is 0.446. The van der Waals surface area contributed by atoms with E-state index in [-0.39, 0.29) is 26.1 Å². The van der Waals surface area contributed by atoms with E-state index in [1.54, 1.807) is 6.07 Å². The molecule has 2 aromatic carbocycles. The van der Waals surface area contributed by atoms with Gasteiger partial charge in [-0.3, -0.25) is 0 Å². The monoisotopic (exact) mass is 186 g/mol. The van der Waals surface area contributed by atoms with E-state index in [4.69, 9.17) is 0 Å². The van der Waals surface area contributed by atoms with E-state index in [1.807, 2.05) is 24.3 Å². The van der Waals surface area contributed by atoms with Crippen molar-refractivity contribution in [3.8, 4) is 0 Å². The molecule has 0 nitrogen and oxygen atoms in total. The molecular formula is C10H8FLiS. The van der Waals surface area contributed by atoms with E-state index < -0.39 is 0 Å². The zero-order valence-electron chi connectivity index (χ0n) is 8.29. The molecule has 2 aromatic rings. The number of halogens is 1. The van der Waals surface area contributed by atoms with Crippen molar-refractivity contribution < 1.29 is 24.7 Å². The van der Waals surface area contributed by atoms with Crippen molar-refractivity contribution in [3.05, 3.63) is 42.2 Å². The Bertz CT molecular complexity index is 433. The molecule has 0 bridgehead atoms. The summed E-state index contributed by atoms with van der Waals surface area (Å²) in [5.74, 6) is -0.267. The standard InChI is InChI=1S/C10H7FS.Li.H/c11-9-6-5-7-3-1-2-4-8(7)10(9)12;;/h1-6,12H;;/q;+1;-1. The molecule has 0 heterocycles. The third-order valence-electron chi connectivity index (χ3n) is 1.85. The third-order valence-corrected chi connectivity index (χ3v) is 2.31. The fourth-order valence-electron chi connectivity index (χ4n) is 1.23. The summed E-state index contributed by atoms with van der Waals surface area (Å²) >= 11 is 4.09. The van der Waals surface area contributed by atoms with E-state index >= 15 is 0 Å². The van der Waals surface area contributed by atoms with Gasteiger partial charge in [-0.2, -0.15) is 0 Å². The Balaban J connectivity index is 0.000000845. The van der Waals surface area contributed by atoms with Crippen LogP contribution in [-0.4, -0.2) is 0 Å². The molecule has 0 N–H and O–H groups in total. The van der Waals surface area contributed by atoms with Crippen LogP contribution in [-0.2, 0) is 0 Å². The van der Waals surface area contributed by atoms with Crippen LogP contribution >= 0.6 is 12.6 Å². The molecule has 0 saturated heterocycles. The van der Waals surface area contributed by atoms with Gasteiger partial charge in [-0.25, -0.2) is 4.39 Å². The molecule has 0 aliphatic heterocycles. The minimum atomic E-state index is -0.267. The Morgan fingerprint density at radius 2 is 1.77 bits per heavy atom. The van der Waals surface area contributed by atoms with Gasteiger partial charge in [-0.1, -0.05) is 30.3 Å². The van der Waals surface area contributed by atoms with Crippen LogP contribution in [0.15, 0.2) is 41.3 Å². The summed E-state index contributed by atoms with van der Waals surface area (Å²) in [5.41, 5.74) is 0. The molecule has 62 valence electrons. The van der Waals surface area contributed by atoms with Crippen molar-refractivity contribution in [1.82, 2.24) is 0 Å². The number of fused-ring (bicyclic) bond motifs is 1. The fraction of sp³-hybridized carbons (Fsp3) is 0. The summed E-state index contributed by atoms with van der Waals surface area (Å²) in [5, 5.41) is 1.88. The molecule has 0 saturated carbocycles. The number of hydrogen-bond donors (Lipinski definition) is 1. The van der Waals surface area contributed by atoms with E-state index in [0.29, 0.717) is 4.90 Å². The summed E-state index contributed by atoms with van der Waals surface area (Å²) < 4.78 is 13.0. The second kappa shape index (κ2) is 4.19. The molecule has 0 aromatic heterocycles. The molecule has 0 unspecified atom stereocenters. The summed E-state index contributed by atoms with van der Waals surface area (Å²) in [6, 6.07) is 10.8. The first-order chi connectivity index (χ1) is 5.79. The second-order valence-corrected chi connectivity index (χ2v) is 3.06. The van der Waals surface area contributed by atoms with Gasteiger partial charge in [0.25, 0.3) is 0 Å². The smallest absolute Gasteiger partial charge is 1.00 e. The normalized spacial score (nSPS) is 9.69. The predicted octanol–water partition coefficient (Wildman–Crippen LogP) is 0.384. The Morgan fingerprint density at radius 1 is 1.08 bits per heavy atom. The Hall–Kier alpha value is -0.423. The maximum atomic E-state index is 13.0. The van der Waals surface area contributed by atoms with Gasteiger partial charge in [0.2, 0.25) is 0 Å². The van der Waals surface area contributed by atoms with Crippen LogP contribution in [0.4, 0.5) is 4.39 Å². The molecule has 0 radical (unpaired) electrons. The second-order valence-electron chi connectivity index (χ2n) is 2.62. The van der Waals surface area contributed by atoms with Crippen molar-refractivity contribution in [2.45, 2.75) is 4.90 Å². The van der Waals surface area contributed by atoms with Gasteiger partial charge in [0.1, 0.15) is 5.82 Å². The van der Waals surface area contributed by atoms with Gasteiger partial charge in [0, 0.05) is 4.90 Å². The summed E-state index contributed by atoms with van der Waals surface area (Å²) in [6.07, 6.45) is 0. The minimum absolute atomic E-state index is 0. The Kier molecular flexibility index (Phi) is 3.44. The summed E-state index contributed by atoms with van der Waals surface area (Å²) in [6.45, 7) is 0. The average molecular weight is 186 g/mol. The van der Waals surface area contributed by atoms with Crippen molar-refractivity contribution in [2.24, 2.45) is 0 Å². The zero-order valence-corrected chi connectivity index (χ0v) is 8.18. The molecule has 13 heavy (non-hydrogen) atoms. The predicted molar refractivity (Wildman–Crippen MR) is 52.3 cm³/mol. The van der Waals surface area contributed by atoms with Crippen LogP contribution in [0.5, 0.6) is 0 Å². The van der Waals surface area contributed by atoms with E-state index in [0.717, 1.165) is 10.8 Å². The SMILES string of the molecule is Fc1ccc2ccccc2c1S.[H-].[Li+]. The molecule has 0 aliphatic carbocycles. The molecule has 0 spiro atoms. The first kappa shape index (κ1) is 10.7. The van der Waals surface area contributed by atoms with E-state index in [1.165, 1.54) is 6.07 Å². The van der Waals surface area contributed by atoms with Crippen molar-refractivity contribution in [2.75, 3.05) is 0 Å². The zero-order chi connectivity index (χ0) is 8.55. The van der Waals surface area contributed by atoms with Crippen LogP contribution < -0.4 is 18.9 Å². The van der Waals surface area contributed by atoms with Crippen molar-refractivity contribution >= 4 is 23.4 Å². The van der Waals surface area contributed by atoms with Gasteiger partial charge in [0.05, 0.1) is 0 Å². The molecule has 0 amide bonds. The van der Waals surface area contributed by atoms with Crippen LogP contribution in [0, 0.1) is 5.82 Å². The maximum Gasteiger partial charge on any atom is 1.00 e. The number of thiol groups is 1. The van der Waals surface area contributed by atoms with Gasteiger partial charge < -0.3 is 1.43 Å². The summed E-state index contributed by atoms with van der Waals surface area (Å²) in [4.78, 5) is 0.424. The minimum Gasteiger partial charge on any atom is -1.00 e. The van der Waals surface area contributed by atoms with Gasteiger partial charge in [-0.05, 0) is 16.8 Å². The van der Waals surface area contributed by atoms with E-state index in [9.17, 15) is 4.39 Å². The number of benzene rings is 2. The van der Waals surface area contributed by atoms with Crippen LogP contribution in [0.2, 0.25) is 0 Å². The maximum absolute atomic E-state index is 13.0. The number of rotatable bonds is 0. The molecule has 3 heteroatoms. The molecule has 2 rings (SSSR count). The summed E-state index contributed by atoms with van der Waals surface area (Å²) in [7, 11) is 0. The van der Waals surface area contributed by atoms with Crippen molar-refractivity contribution in [3.63, 3.8) is 0 Å². The number of hydrogen-bond acceptors (Lipinski definition) is 1. The molecule has 0 aliphatic rings. The largest absolute Gasteiger partial charge is 1.00 e. The first-order valence-corrected chi connectivity index (χ1v) is 4.10. The van der Waals surface area contributed by atoms with Crippen LogP contribution in [0.1, 0.15) is 1.43 Å². The van der Waals surface area contributed by atoms with Gasteiger partial charge in [0.15, 0.2) is 0 Å².